The molecule has 7 aromatic rings. The highest BCUT2D eigenvalue weighted by Gasteiger charge is 2.19. The molecular formula is C30H18FN. The molecule has 0 saturated carbocycles. The van der Waals surface area contributed by atoms with Gasteiger partial charge in [0.05, 0.1) is 11.0 Å². The van der Waals surface area contributed by atoms with Crippen LogP contribution in [0.4, 0.5) is 4.39 Å². The van der Waals surface area contributed by atoms with E-state index in [2.05, 4.69) is 89.5 Å². The molecule has 0 atom stereocenters. The van der Waals surface area contributed by atoms with Crippen molar-refractivity contribution < 1.29 is 4.39 Å². The van der Waals surface area contributed by atoms with E-state index in [0.717, 1.165) is 16.7 Å². The number of fused-ring (bicyclic) bond motifs is 10. The van der Waals surface area contributed by atoms with Crippen molar-refractivity contribution in [3.05, 3.63) is 115 Å². The van der Waals surface area contributed by atoms with Crippen molar-refractivity contribution >= 4 is 54.1 Å². The number of benzene rings is 6. The number of aromatic nitrogens is 1. The predicted octanol–water partition coefficient (Wildman–Crippen LogP) is 8.38. The molecule has 32 heavy (non-hydrogen) atoms. The van der Waals surface area contributed by atoms with E-state index in [1.54, 1.807) is 0 Å². The fourth-order valence-electron chi connectivity index (χ4n) is 5.30. The Morgan fingerprint density at radius 1 is 0.469 bits per heavy atom. The van der Waals surface area contributed by atoms with Crippen LogP contribution in [-0.4, -0.2) is 4.57 Å². The van der Waals surface area contributed by atoms with Crippen LogP contribution < -0.4 is 0 Å². The van der Waals surface area contributed by atoms with Crippen molar-refractivity contribution in [1.29, 1.82) is 0 Å². The van der Waals surface area contributed by atoms with Crippen LogP contribution in [0.15, 0.2) is 109 Å². The molecule has 0 radical (unpaired) electrons. The molecule has 150 valence electrons. The second-order valence-corrected chi connectivity index (χ2v) is 8.31. The molecule has 0 bridgehead atoms. The summed E-state index contributed by atoms with van der Waals surface area (Å²) in [6.45, 7) is 0. The first-order chi connectivity index (χ1) is 15.8. The molecule has 6 aromatic carbocycles. The van der Waals surface area contributed by atoms with Crippen molar-refractivity contribution in [2.75, 3.05) is 0 Å². The van der Waals surface area contributed by atoms with E-state index in [-0.39, 0.29) is 5.82 Å². The Hall–Kier alpha value is -4.17. The summed E-state index contributed by atoms with van der Waals surface area (Å²) >= 11 is 0. The molecule has 0 unspecified atom stereocenters. The smallest absolute Gasteiger partial charge is 0.123 e. The number of hydrogen-bond acceptors (Lipinski definition) is 0. The van der Waals surface area contributed by atoms with Crippen LogP contribution in [0.5, 0.6) is 0 Å². The minimum absolute atomic E-state index is 0.226. The fourth-order valence-corrected chi connectivity index (χ4v) is 5.30. The third kappa shape index (κ3) is 2.27. The molecule has 0 aliphatic heterocycles. The van der Waals surface area contributed by atoms with Crippen molar-refractivity contribution in [2.45, 2.75) is 0 Å². The van der Waals surface area contributed by atoms with Gasteiger partial charge in [-0.05, 0) is 57.3 Å². The van der Waals surface area contributed by atoms with Gasteiger partial charge in [0.25, 0.3) is 0 Å². The molecule has 0 aliphatic rings. The van der Waals surface area contributed by atoms with Gasteiger partial charge < -0.3 is 4.57 Å². The largest absolute Gasteiger partial charge is 0.309 e. The molecule has 2 heteroatoms. The lowest BCUT2D eigenvalue weighted by Gasteiger charge is -2.13. The molecule has 0 aliphatic carbocycles. The van der Waals surface area contributed by atoms with E-state index in [9.17, 15) is 4.39 Å². The van der Waals surface area contributed by atoms with E-state index >= 15 is 0 Å². The Labute approximate surface area is 183 Å². The Morgan fingerprint density at radius 2 is 1.12 bits per heavy atom. The standard InChI is InChI=1S/C30H18FN/c31-20-14-16-21(17-15-20)32-27-12-6-5-11-25(27)29-26-18-13-19-7-1-2-8-22(19)28(26)23-9-3-4-10-24(23)30(29)32/h1-18H. The second-order valence-electron chi connectivity index (χ2n) is 8.31. The minimum Gasteiger partial charge on any atom is -0.309 e. The SMILES string of the molecule is Fc1ccc(-n2c3ccccc3c3c4ccc5ccccc5c4c4ccccc4c32)cc1. The topological polar surface area (TPSA) is 4.93 Å². The zero-order valence-corrected chi connectivity index (χ0v) is 17.2. The molecular weight excluding hydrogens is 393 g/mol. The van der Waals surface area contributed by atoms with E-state index in [1.807, 2.05) is 12.1 Å². The van der Waals surface area contributed by atoms with Crippen LogP contribution in [0.3, 0.4) is 0 Å². The van der Waals surface area contributed by atoms with Gasteiger partial charge in [-0.1, -0.05) is 78.9 Å². The first-order valence-corrected chi connectivity index (χ1v) is 10.8. The Balaban J connectivity index is 1.84. The summed E-state index contributed by atoms with van der Waals surface area (Å²) < 4.78 is 16.0. The van der Waals surface area contributed by atoms with Gasteiger partial charge in [0.15, 0.2) is 0 Å². The second kappa shape index (κ2) is 6.41. The summed E-state index contributed by atoms with van der Waals surface area (Å²) in [5, 5.41) is 9.92. The van der Waals surface area contributed by atoms with E-state index < -0.39 is 0 Å². The predicted molar refractivity (Wildman–Crippen MR) is 133 cm³/mol. The van der Waals surface area contributed by atoms with Crippen molar-refractivity contribution in [3.8, 4) is 5.69 Å². The third-order valence-electron chi connectivity index (χ3n) is 6.61. The zero-order chi connectivity index (χ0) is 21.2. The van der Waals surface area contributed by atoms with Crippen molar-refractivity contribution in [1.82, 2.24) is 4.57 Å². The maximum Gasteiger partial charge on any atom is 0.123 e. The lowest BCUT2D eigenvalue weighted by Crippen LogP contribution is -1.95. The molecule has 1 nitrogen and oxygen atoms in total. The van der Waals surface area contributed by atoms with Crippen molar-refractivity contribution in [2.24, 2.45) is 0 Å². The van der Waals surface area contributed by atoms with Crippen LogP contribution in [0, 0.1) is 5.82 Å². The van der Waals surface area contributed by atoms with Crippen LogP contribution in [-0.2, 0) is 0 Å². The highest BCUT2D eigenvalue weighted by molar-refractivity contribution is 6.36. The van der Waals surface area contributed by atoms with Gasteiger partial charge in [-0.15, -0.1) is 0 Å². The maximum absolute atomic E-state index is 13.8. The Morgan fingerprint density at radius 3 is 1.94 bits per heavy atom. The van der Waals surface area contributed by atoms with Gasteiger partial charge in [0.2, 0.25) is 0 Å². The fraction of sp³-hybridized carbons (Fsp3) is 0. The summed E-state index contributed by atoms with van der Waals surface area (Å²) in [7, 11) is 0. The molecule has 0 spiro atoms. The molecule has 0 N–H and O–H groups in total. The summed E-state index contributed by atoms with van der Waals surface area (Å²) in [4.78, 5) is 0. The number of nitrogens with zero attached hydrogens (tertiary/aromatic N) is 1. The summed E-state index contributed by atoms with van der Waals surface area (Å²) in [5.41, 5.74) is 3.25. The summed E-state index contributed by atoms with van der Waals surface area (Å²) in [6, 6.07) is 37.0. The van der Waals surface area contributed by atoms with Crippen LogP contribution in [0.1, 0.15) is 0 Å². The molecule has 0 fully saturated rings. The summed E-state index contributed by atoms with van der Waals surface area (Å²) in [6.07, 6.45) is 0. The van der Waals surface area contributed by atoms with Gasteiger partial charge in [-0.25, -0.2) is 4.39 Å². The van der Waals surface area contributed by atoms with Gasteiger partial charge in [-0.3, -0.25) is 0 Å². The van der Waals surface area contributed by atoms with E-state index in [4.69, 9.17) is 0 Å². The van der Waals surface area contributed by atoms with Gasteiger partial charge in [0.1, 0.15) is 5.82 Å². The van der Waals surface area contributed by atoms with Gasteiger partial charge in [-0.2, -0.15) is 0 Å². The van der Waals surface area contributed by atoms with E-state index in [1.165, 1.54) is 55.2 Å². The first kappa shape index (κ1) is 17.5. The molecule has 1 aromatic heterocycles. The van der Waals surface area contributed by atoms with Crippen molar-refractivity contribution in [3.63, 3.8) is 0 Å². The van der Waals surface area contributed by atoms with Gasteiger partial charge >= 0.3 is 0 Å². The first-order valence-electron chi connectivity index (χ1n) is 10.8. The highest BCUT2D eigenvalue weighted by atomic mass is 19.1. The quantitative estimate of drug-likeness (QED) is 0.239. The highest BCUT2D eigenvalue weighted by Crippen LogP contribution is 2.44. The maximum atomic E-state index is 13.8. The van der Waals surface area contributed by atoms with E-state index in [0.29, 0.717) is 0 Å². The molecule has 0 amide bonds. The Bertz CT molecular complexity index is 1820. The Kier molecular flexibility index (Phi) is 3.51. The van der Waals surface area contributed by atoms with Crippen LogP contribution >= 0.6 is 0 Å². The summed E-state index contributed by atoms with van der Waals surface area (Å²) in [5.74, 6) is -0.226. The lowest BCUT2D eigenvalue weighted by molar-refractivity contribution is 0.627. The number of halogens is 1. The molecule has 0 saturated heterocycles. The monoisotopic (exact) mass is 411 g/mol. The average Bonchev–Trinajstić information content (AvgIpc) is 3.20. The van der Waals surface area contributed by atoms with Crippen LogP contribution in [0.25, 0.3) is 59.8 Å². The van der Waals surface area contributed by atoms with Gasteiger partial charge in [0, 0.05) is 21.8 Å². The molecule has 1 heterocycles. The normalized spacial score (nSPS) is 11.9. The molecule has 7 rings (SSSR count). The number of rotatable bonds is 1. The number of para-hydroxylation sites is 1. The average molecular weight is 411 g/mol. The zero-order valence-electron chi connectivity index (χ0n) is 17.2. The lowest BCUT2D eigenvalue weighted by atomic mass is 9.93. The third-order valence-corrected chi connectivity index (χ3v) is 6.61. The van der Waals surface area contributed by atoms with Crippen LogP contribution in [0.2, 0.25) is 0 Å². The number of hydrogen-bond donors (Lipinski definition) is 0. The minimum atomic E-state index is -0.226.